The summed E-state index contributed by atoms with van der Waals surface area (Å²) in [6, 6.07) is 14.4. The van der Waals surface area contributed by atoms with E-state index in [0.29, 0.717) is 18.1 Å². The average Bonchev–Trinajstić information content (AvgIpc) is 2.68. The van der Waals surface area contributed by atoms with Crippen LogP contribution >= 0.6 is 11.6 Å². The lowest BCUT2D eigenvalue weighted by molar-refractivity contribution is -0.123. The Morgan fingerprint density at radius 3 is 2.54 bits per heavy atom. The molecule has 1 amide bonds. The van der Waals surface area contributed by atoms with Gasteiger partial charge in [-0.15, -0.1) is 0 Å². The van der Waals surface area contributed by atoms with Crippen molar-refractivity contribution >= 4 is 17.5 Å². The molecule has 1 atom stereocenters. The lowest BCUT2D eigenvalue weighted by atomic mass is 10.1. The molecule has 5 nitrogen and oxygen atoms in total. The summed E-state index contributed by atoms with van der Waals surface area (Å²) in [6.07, 6.45) is 6.90. The fraction of sp³-hybridized carbons (Fsp3) is 0.150. The number of amides is 1. The molecule has 2 aromatic heterocycles. The summed E-state index contributed by atoms with van der Waals surface area (Å²) in [5.41, 5.74) is 2.81. The highest BCUT2D eigenvalue weighted by molar-refractivity contribution is 6.30. The van der Waals surface area contributed by atoms with Gasteiger partial charge in [0.15, 0.2) is 0 Å². The van der Waals surface area contributed by atoms with E-state index in [1.165, 1.54) is 0 Å². The minimum atomic E-state index is -0.515. The number of hydrogen-bond donors (Lipinski definition) is 2. The van der Waals surface area contributed by atoms with Crippen LogP contribution in [0.1, 0.15) is 22.7 Å². The third-order valence-corrected chi connectivity index (χ3v) is 4.13. The molecule has 3 rings (SSSR count). The van der Waals surface area contributed by atoms with Crippen molar-refractivity contribution < 1.29 is 4.79 Å². The molecular weight excluding hydrogens is 348 g/mol. The average molecular weight is 367 g/mol. The largest absolute Gasteiger partial charge is 0.350 e. The topological polar surface area (TPSA) is 66.9 Å². The van der Waals surface area contributed by atoms with Gasteiger partial charge >= 0.3 is 0 Å². The first-order chi connectivity index (χ1) is 12.7. The summed E-state index contributed by atoms with van der Waals surface area (Å²) >= 11 is 6.11. The zero-order chi connectivity index (χ0) is 18.2. The van der Waals surface area contributed by atoms with Gasteiger partial charge in [0.1, 0.15) is 6.04 Å². The van der Waals surface area contributed by atoms with E-state index < -0.39 is 6.04 Å². The third-order valence-electron chi connectivity index (χ3n) is 3.89. The maximum atomic E-state index is 12.8. The van der Waals surface area contributed by atoms with Crippen molar-refractivity contribution in [3.8, 4) is 0 Å². The molecule has 0 saturated heterocycles. The number of hydrogen-bond acceptors (Lipinski definition) is 4. The molecule has 0 spiro atoms. The molecule has 132 valence electrons. The fourth-order valence-electron chi connectivity index (χ4n) is 2.56. The number of nitrogens with zero attached hydrogens (tertiary/aromatic N) is 2. The second-order valence-corrected chi connectivity index (χ2v) is 6.24. The van der Waals surface area contributed by atoms with Crippen molar-refractivity contribution in [2.45, 2.75) is 19.1 Å². The molecular formula is C20H19ClN4O. The van der Waals surface area contributed by atoms with Gasteiger partial charge in [0, 0.05) is 42.9 Å². The van der Waals surface area contributed by atoms with Crippen LogP contribution in [0.3, 0.4) is 0 Å². The Balaban J connectivity index is 1.72. The smallest absolute Gasteiger partial charge is 0.242 e. The minimum Gasteiger partial charge on any atom is -0.350 e. The summed E-state index contributed by atoms with van der Waals surface area (Å²) in [7, 11) is 0. The van der Waals surface area contributed by atoms with Crippen molar-refractivity contribution in [1.82, 2.24) is 20.6 Å². The summed E-state index contributed by atoms with van der Waals surface area (Å²) in [6.45, 7) is 0.959. The molecule has 1 aromatic carbocycles. The monoisotopic (exact) mass is 366 g/mol. The van der Waals surface area contributed by atoms with Crippen molar-refractivity contribution in [2.75, 3.05) is 0 Å². The standard InChI is InChI=1S/C20H19ClN4O/c21-18-5-1-4-17(11-18)19(24-13-15-6-9-22-10-7-15)20(26)25-14-16-3-2-8-23-12-16/h1-12,19,24H,13-14H2,(H,25,26). The Morgan fingerprint density at radius 1 is 0.962 bits per heavy atom. The number of aromatic nitrogens is 2. The van der Waals surface area contributed by atoms with Gasteiger partial charge in [-0.1, -0.05) is 29.8 Å². The highest BCUT2D eigenvalue weighted by Crippen LogP contribution is 2.19. The van der Waals surface area contributed by atoms with E-state index in [-0.39, 0.29) is 5.91 Å². The molecule has 0 aliphatic rings. The van der Waals surface area contributed by atoms with Crippen LogP contribution in [0.2, 0.25) is 5.02 Å². The first kappa shape index (κ1) is 18.0. The predicted octanol–water partition coefficient (Wildman–Crippen LogP) is 3.28. The van der Waals surface area contributed by atoms with Crippen LogP contribution in [-0.4, -0.2) is 15.9 Å². The normalized spacial score (nSPS) is 11.7. The van der Waals surface area contributed by atoms with Gasteiger partial charge in [-0.05, 0) is 47.0 Å². The summed E-state index contributed by atoms with van der Waals surface area (Å²) in [5.74, 6) is -0.120. The summed E-state index contributed by atoms with van der Waals surface area (Å²) < 4.78 is 0. The molecule has 0 saturated carbocycles. The summed E-state index contributed by atoms with van der Waals surface area (Å²) in [5, 5.41) is 6.85. The highest BCUT2D eigenvalue weighted by atomic mass is 35.5. The highest BCUT2D eigenvalue weighted by Gasteiger charge is 2.20. The zero-order valence-corrected chi connectivity index (χ0v) is 14.9. The molecule has 0 aliphatic heterocycles. The number of pyridine rings is 2. The molecule has 1 unspecified atom stereocenters. The lowest BCUT2D eigenvalue weighted by Crippen LogP contribution is -2.37. The van der Waals surface area contributed by atoms with Gasteiger partial charge < -0.3 is 5.32 Å². The second kappa shape index (κ2) is 9.08. The number of carbonyl (C=O) groups excluding carboxylic acids is 1. The van der Waals surface area contributed by atoms with Gasteiger partial charge in [-0.3, -0.25) is 20.1 Å². The Kier molecular flexibility index (Phi) is 6.30. The first-order valence-corrected chi connectivity index (χ1v) is 8.64. The van der Waals surface area contributed by atoms with Crippen molar-refractivity contribution in [2.24, 2.45) is 0 Å². The van der Waals surface area contributed by atoms with Crippen LogP contribution in [-0.2, 0) is 17.9 Å². The van der Waals surface area contributed by atoms with Gasteiger partial charge in [-0.25, -0.2) is 0 Å². The molecule has 0 radical (unpaired) electrons. The van der Waals surface area contributed by atoms with Gasteiger partial charge in [-0.2, -0.15) is 0 Å². The van der Waals surface area contributed by atoms with E-state index in [1.807, 2.05) is 36.4 Å². The van der Waals surface area contributed by atoms with Crippen molar-refractivity contribution in [3.05, 3.63) is 95.0 Å². The zero-order valence-electron chi connectivity index (χ0n) is 14.1. The number of halogens is 1. The number of rotatable bonds is 7. The molecule has 2 N–H and O–H groups in total. The molecule has 2 heterocycles. The van der Waals surface area contributed by atoms with E-state index in [1.54, 1.807) is 36.9 Å². The van der Waals surface area contributed by atoms with E-state index in [0.717, 1.165) is 16.7 Å². The third kappa shape index (κ3) is 5.12. The van der Waals surface area contributed by atoms with Crippen molar-refractivity contribution in [3.63, 3.8) is 0 Å². The molecule has 0 fully saturated rings. The summed E-state index contributed by atoms with van der Waals surface area (Å²) in [4.78, 5) is 20.9. The SMILES string of the molecule is O=C(NCc1cccnc1)C(NCc1ccncc1)c1cccc(Cl)c1. The van der Waals surface area contributed by atoms with Gasteiger partial charge in [0.25, 0.3) is 0 Å². The van der Waals surface area contributed by atoms with Crippen LogP contribution < -0.4 is 10.6 Å². The quantitative estimate of drug-likeness (QED) is 0.673. The van der Waals surface area contributed by atoms with Crippen LogP contribution in [0, 0.1) is 0 Å². The minimum absolute atomic E-state index is 0.120. The van der Waals surface area contributed by atoms with Crippen molar-refractivity contribution in [1.29, 1.82) is 0 Å². The first-order valence-electron chi connectivity index (χ1n) is 8.27. The molecule has 6 heteroatoms. The predicted molar refractivity (Wildman–Crippen MR) is 101 cm³/mol. The maximum absolute atomic E-state index is 12.8. The molecule has 0 aliphatic carbocycles. The van der Waals surface area contributed by atoms with Crippen LogP contribution in [0.25, 0.3) is 0 Å². The Labute approximate surface area is 157 Å². The number of carbonyl (C=O) groups is 1. The number of nitrogens with one attached hydrogen (secondary N) is 2. The van der Waals surface area contributed by atoms with Crippen LogP contribution in [0.4, 0.5) is 0 Å². The molecule has 0 bridgehead atoms. The lowest BCUT2D eigenvalue weighted by Gasteiger charge is -2.19. The van der Waals surface area contributed by atoms with Crippen LogP contribution in [0.5, 0.6) is 0 Å². The molecule has 3 aromatic rings. The van der Waals surface area contributed by atoms with E-state index in [4.69, 9.17) is 11.6 Å². The van der Waals surface area contributed by atoms with E-state index in [2.05, 4.69) is 20.6 Å². The second-order valence-electron chi connectivity index (χ2n) is 5.80. The number of benzene rings is 1. The Morgan fingerprint density at radius 2 is 1.81 bits per heavy atom. The van der Waals surface area contributed by atoms with Gasteiger partial charge in [0.05, 0.1) is 0 Å². The van der Waals surface area contributed by atoms with Gasteiger partial charge in [0.2, 0.25) is 5.91 Å². The Hall–Kier alpha value is -2.76. The van der Waals surface area contributed by atoms with E-state index >= 15 is 0 Å². The Bertz CT molecular complexity index is 843. The fourth-order valence-corrected chi connectivity index (χ4v) is 2.76. The van der Waals surface area contributed by atoms with E-state index in [9.17, 15) is 4.79 Å². The van der Waals surface area contributed by atoms with Crippen LogP contribution in [0.15, 0.2) is 73.3 Å². The molecule has 26 heavy (non-hydrogen) atoms. The maximum Gasteiger partial charge on any atom is 0.242 e.